The zero-order valence-electron chi connectivity index (χ0n) is 14.7. The van der Waals surface area contributed by atoms with Crippen LogP contribution in [0.5, 0.6) is 5.75 Å². The highest BCUT2D eigenvalue weighted by molar-refractivity contribution is 9.10. The number of ether oxygens (including phenoxy) is 1. The topological polar surface area (TPSA) is 75.7 Å². The number of halogens is 3. The molecule has 6 nitrogen and oxygen atoms in total. The molecular weight excluding hydrogens is 483 g/mol. The molecular formula is C20H13BrCl2N2O4. The van der Waals surface area contributed by atoms with Crippen molar-refractivity contribution in [3.8, 4) is 5.75 Å². The van der Waals surface area contributed by atoms with Gasteiger partial charge in [0.1, 0.15) is 17.9 Å². The first-order valence-electron chi connectivity index (χ1n) is 8.21. The number of carbonyl (C=O) groups is 3. The molecule has 1 aliphatic rings. The summed E-state index contributed by atoms with van der Waals surface area (Å²) in [6.07, 6.45) is 3.00. The number of benzene rings is 2. The van der Waals surface area contributed by atoms with Gasteiger partial charge in [-0.3, -0.25) is 14.9 Å². The molecule has 1 aliphatic heterocycles. The monoisotopic (exact) mass is 494 g/mol. The Hall–Kier alpha value is -2.61. The zero-order chi connectivity index (χ0) is 21.1. The van der Waals surface area contributed by atoms with Crippen molar-refractivity contribution in [1.82, 2.24) is 5.32 Å². The summed E-state index contributed by atoms with van der Waals surface area (Å²) in [4.78, 5) is 38.2. The van der Waals surface area contributed by atoms with E-state index in [4.69, 9.17) is 27.9 Å². The Morgan fingerprint density at radius 1 is 1.10 bits per heavy atom. The van der Waals surface area contributed by atoms with Crippen LogP contribution in [0.2, 0.25) is 10.0 Å². The Morgan fingerprint density at radius 2 is 1.86 bits per heavy atom. The fourth-order valence-corrected chi connectivity index (χ4v) is 3.36. The van der Waals surface area contributed by atoms with Gasteiger partial charge in [-0.05, 0) is 57.9 Å². The minimum Gasteiger partial charge on any atom is -0.488 e. The van der Waals surface area contributed by atoms with Crippen LogP contribution in [0.1, 0.15) is 5.56 Å². The first kappa shape index (κ1) is 21.1. The van der Waals surface area contributed by atoms with Crippen LogP contribution in [-0.4, -0.2) is 24.5 Å². The van der Waals surface area contributed by atoms with Gasteiger partial charge in [0.25, 0.3) is 11.8 Å². The Balaban J connectivity index is 1.96. The average Bonchev–Trinajstić information content (AvgIpc) is 2.67. The van der Waals surface area contributed by atoms with Gasteiger partial charge in [0.05, 0.1) is 20.2 Å². The normalized spacial score (nSPS) is 15.5. The molecule has 0 radical (unpaired) electrons. The van der Waals surface area contributed by atoms with E-state index >= 15 is 0 Å². The average molecular weight is 496 g/mol. The highest BCUT2D eigenvalue weighted by Gasteiger charge is 2.37. The van der Waals surface area contributed by atoms with Crippen LogP contribution in [0.25, 0.3) is 6.08 Å². The van der Waals surface area contributed by atoms with Gasteiger partial charge in [0, 0.05) is 0 Å². The number of carbonyl (C=O) groups excluding carboxylic acids is 3. The third-order valence-electron chi connectivity index (χ3n) is 3.89. The number of nitrogens with zero attached hydrogens (tertiary/aromatic N) is 1. The number of amides is 4. The second-order valence-corrected chi connectivity index (χ2v) is 7.51. The molecule has 1 saturated heterocycles. The largest absolute Gasteiger partial charge is 0.488 e. The highest BCUT2D eigenvalue weighted by atomic mass is 79.9. The van der Waals surface area contributed by atoms with Gasteiger partial charge in [-0.25, -0.2) is 9.69 Å². The molecule has 0 aromatic heterocycles. The predicted octanol–water partition coefficient (Wildman–Crippen LogP) is 4.99. The number of hydrogen-bond acceptors (Lipinski definition) is 4. The number of hydrogen-bond donors (Lipinski definition) is 1. The number of urea groups is 1. The van der Waals surface area contributed by atoms with Crippen molar-refractivity contribution in [2.75, 3.05) is 11.5 Å². The molecule has 0 unspecified atom stereocenters. The molecule has 0 atom stereocenters. The third-order valence-corrected chi connectivity index (χ3v) is 5.25. The van der Waals surface area contributed by atoms with E-state index in [9.17, 15) is 14.4 Å². The number of barbiturate groups is 1. The van der Waals surface area contributed by atoms with Gasteiger partial charge in [-0.2, -0.15) is 0 Å². The number of anilines is 1. The van der Waals surface area contributed by atoms with Gasteiger partial charge in [0.15, 0.2) is 0 Å². The Morgan fingerprint density at radius 3 is 2.52 bits per heavy atom. The molecule has 148 valence electrons. The molecule has 0 saturated carbocycles. The SMILES string of the molecule is C=CCOc1ccc(/C=C2\C(=O)NC(=O)N(c3ccc(Cl)c(Cl)c3)C2=O)cc1Br. The van der Waals surface area contributed by atoms with Crippen LogP contribution in [0.3, 0.4) is 0 Å². The summed E-state index contributed by atoms with van der Waals surface area (Å²) in [6, 6.07) is 8.47. The first-order chi connectivity index (χ1) is 13.8. The molecule has 0 bridgehead atoms. The Bertz CT molecular complexity index is 1070. The number of imide groups is 2. The summed E-state index contributed by atoms with van der Waals surface area (Å²) >= 11 is 15.3. The van der Waals surface area contributed by atoms with Crippen molar-refractivity contribution < 1.29 is 19.1 Å². The molecule has 2 aromatic carbocycles. The van der Waals surface area contributed by atoms with E-state index in [-0.39, 0.29) is 21.3 Å². The molecule has 4 amide bonds. The summed E-state index contributed by atoms with van der Waals surface area (Å²) in [5.74, 6) is -0.987. The Labute approximate surface area is 184 Å². The fourth-order valence-electron chi connectivity index (χ4n) is 2.56. The van der Waals surface area contributed by atoms with Crippen LogP contribution in [0.15, 0.2) is 59.1 Å². The quantitative estimate of drug-likeness (QED) is 0.360. The highest BCUT2D eigenvalue weighted by Crippen LogP contribution is 2.30. The van der Waals surface area contributed by atoms with Gasteiger partial charge in [-0.1, -0.05) is 41.9 Å². The maximum Gasteiger partial charge on any atom is 0.335 e. The van der Waals surface area contributed by atoms with Crippen LogP contribution in [0, 0.1) is 0 Å². The lowest BCUT2D eigenvalue weighted by atomic mass is 10.1. The van der Waals surface area contributed by atoms with E-state index in [1.807, 2.05) is 0 Å². The summed E-state index contributed by atoms with van der Waals surface area (Å²) in [5.41, 5.74) is 0.543. The summed E-state index contributed by atoms with van der Waals surface area (Å²) in [7, 11) is 0. The van der Waals surface area contributed by atoms with E-state index in [2.05, 4.69) is 27.8 Å². The summed E-state index contributed by atoms with van der Waals surface area (Å²) in [5, 5.41) is 2.60. The van der Waals surface area contributed by atoms with Gasteiger partial charge < -0.3 is 4.74 Å². The minimum absolute atomic E-state index is 0.172. The molecule has 2 aromatic rings. The lowest BCUT2D eigenvalue weighted by molar-refractivity contribution is -0.122. The third kappa shape index (κ3) is 4.53. The summed E-state index contributed by atoms with van der Waals surface area (Å²) < 4.78 is 6.11. The van der Waals surface area contributed by atoms with Crippen LogP contribution in [0.4, 0.5) is 10.5 Å². The van der Waals surface area contributed by atoms with E-state index in [0.717, 1.165) is 4.90 Å². The second-order valence-electron chi connectivity index (χ2n) is 5.85. The van der Waals surface area contributed by atoms with E-state index in [1.54, 1.807) is 24.3 Å². The number of rotatable bonds is 5. The van der Waals surface area contributed by atoms with Crippen LogP contribution < -0.4 is 15.0 Å². The number of nitrogens with one attached hydrogen (secondary N) is 1. The molecule has 0 aliphatic carbocycles. The maximum atomic E-state index is 12.9. The molecule has 1 N–H and O–H groups in total. The van der Waals surface area contributed by atoms with Gasteiger partial charge in [-0.15, -0.1) is 0 Å². The second kappa shape index (κ2) is 8.82. The molecule has 0 spiro atoms. The van der Waals surface area contributed by atoms with Crippen molar-refractivity contribution in [2.45, 2.75) is 0 Å². The fraction of sp³-hybridized carbons (Fsp3) is 0.0500. The van der Waals surface area contributed by atoms with E-state index in [1.165, 1.54) is 24.3 Å². The predicted molar refractivity (Wildman–Crippen MR) is 115 cm³/mol. The Kier molecular flexibility index (Phi) is 6.42. The lowest BCUT2D eigenvalue weighted by Gasteiger charge is -2.26. The van der Waals surface area contributed by atoms with Crippen molar-refractivity contribution in [3.63, 3.8) is 0 Å². The van der Waals surface area contributed by atoms with Crippen LogP contribution in [-0.2, 0) is 9.59 Å². The van der Waals surface area contributed by atoms with Crippen molar-refractivity contribution in [1.29, 1.82) is 0 Å². The van der Waals surface area contributed by atoms with E-state index < -0.39 is 17.8 Å². The molecule has 1 heterocycles. The minimum atomic E-state index is -0.870. The van der Waals surface area contributed by atoms with E-state index in [0.29, 0.717) is 22.4 Å². The van der Waals surface area contributed by atoms with Crippen LogP contribution >= 0.6 is 39.1 Å². The standard InChI is InChI=1S/C20H13BrCl2N2O4/c1-2-7-29-17-6-3-11(9-14(17)21)8-13-18(26)24-20(28)25(19(13)27)12-4-5-15(22)16(23)10-12/h2-6,8-10H,1,7H2,(H,24,26,28)/b13-8+. The van der Waals surface area contributed by atoms with Gasteiger partial charge in [0.2, 0.25) is 0 Å². The zero-order valence-corrected chi connectivity index (χ0v) is 17.8. The molecule has 1 fully saturated rings. The smallest absolute Gasteiger partial charge is 0.335 e. The maximum absolute atomic E-state index is 12.9. The van der Waals surface area contributed by atoms with Crippen molar-refractivity contribution >= 4 is 68.7 Å². The lowest BCUT2D eigenvalue weighted by Crippen LogP contribution is -2.54. The molecule has 29 heavy (non-hydrogen) atoms. The molecule has 9 heteroatoms. The first-order valence-corrected chi connectivity index (χ1v) is 9.76. The van der Waals surface area contributed by atoms with Gasteiger partial charge >= 0.3 is 6.03 Å². The molecule has 3 rings (SSSR count). The van der Waals surface area contributed by atoms with Crippen molar-refractivity contribution in [2.24, 2.45) is 0 Å². The van der Waals surface area contributed by atoms with Crippen molar-refractivity contribution in [3.05, 3.63) is 74.7 Å². The summed E-state index contributed by atoms with van der Waals surface area (Å²) in [6.45, 7) is 3.92.